The van der Waals surface area contributed by atoms with Gasteiger partial charge >= 0.3 is 0 Å². The monoisotopic (exact) mass is 240 g/mol. The van der Waals surface area contributed by atoms with E-state index in [-0.39, 0.29) is 0 Å². The molecule has 88 valence electrons. The number of halogens is 1. The Hall–Kier alpha value is -0.930. The van der Waals surface area contributed by atoms with Gasteiger partial charge in [-0.3, -0.25) is 0 Å². The third-order valence-corrected chi connectivity index (χ3v) is 3.32. The van der Waals surface area contributed by atoms with E-state index in [0.717, 1.165) is 24.4 Å². The highest BCUT2D eigenvalue weighted by molar-refractivity contribution is 6.32. The first-order valence-electron chi connectivity index (χ1n) is 5.52. The summed E-state index contributed by atoms with van der Waals surface area (Å²) >= 11 is 6.10. The zero-order valence-electron chi connectivity index (χ0n) is 9.66. The summed E-state index contributed by atoms with van der Waals surface area (Å²) in [6.07, 6.45) is 1.07. The summed E-state index contributed by atoms with van der Waals surface area (Å²) in [6, 6.07) is 6.29. The number of benzene rings is 1. The number of anilines is 1. The molecule has 1 heterocycles. The number of para-hydroxylation sites is 1. The van der Waals surface area contributed by atoms with Crippen LogP contribution < -0.4 is 15.0 Å². The molecule has 4 heteroatoms. The third kappa shape index (κ3) is 2.11. The van der Waals surface area contributed by atoms with Gasteiger partial charge in [-0.25, -0.2) is 0 Å². The predicted molar refractivity (Wildman–Crippen MR) is 67.7 cm³/mol. The van der Waals surface area contributed by atoms with Crippen molar-refractivity contribution in [2.24, 2.45) is 0 Å². The smallest absolute Gasteiger partial charge is 0.161 e. The Labute approximate surface area is 101 Å². The number of hydrogen-bond donors (Lipinski definition) is 1. The maximum atomic E-state index is 6.10. The van der Waals surface area contributed by atoms with E-state index in [1.165, 1.54) is 0 Å². The Bertz CT molecular complexity index is 370. The Morgan fingerprint density at radius 3 is 3.12 bits per heavy atom. The maximum Gasteiger partial charge on any atom is 0.161 e. The first-order valence-corrected chi connectivity index (χ1v) is 5.90. The molecule has 0 aliphatic carbocycles. The van der Waals surface area contributed by atoms with Crippen LogP contribution in [0.2, 0.25) is 5.02 Å². The highest BCUT2D eigenvalue weighted by Gasteiger charge is 2.25. The van der Waals surface area contributed by atoms with Gasteiger partial charge < -0.3 is 15.0 Å². The van der Waals surface area contributed by atoms with Crippen molar-refractivity contribution in [2.45, 2.75) is 12.5 Å². The highest BCUT2D eigenvalue weighted by atomic mass is 35.5. The van der Waals surface area contributed by atoms with Gasteiger partial charge in [-0.15, -0.1) is 0 Å². The highest BCUT2D eigenvalue weighted by Crippen LogP contribution is 2.38. The van der Waals surface area contributed by atoms with Crippen LogP contribution in [0.5, 0.6) is 5.75 Å². The molecule has 1 aromatic carbocycles. The van der Waals surface area contributed by atoms with Gasteiger partial charge in [-0.1, -0.05) is 17.7 Å². The lowest BCUT2D eigenvalue weighted by molar-refractivity contribution is 0.260. The molecule has 1 aromatic rings. The van der Waals surface area contributed by atoms with Crippen LogP contribution in [0.4, 0.5) is 5.69 Å². The van der Waals surface area contributed by atoms with Gasteiger partial charge in [-0.05, 0) is 32.1 Å². The third-order valence-electron chi connectivity index (χ3n) is 3.02. The van der Waals surface area contributed by atoms with Crippen LogP contribution in [-0.4, -0.2) is 33.3 Å². The van der Waals surface area contributed by atoms with Crippen molar-refractivity contribution >= 4 is 17.3 Å². The van der Waals surface area contributed by atoms with Gasteiger partial charge in [0, 0.05) is 7.05 Å². The molecule has 0 amide bonds. The molecule has 0 saturated heterocycles. The number of nitrogens with zero attached hydrogens (tertiary/aromatic N) is 1. The number of likely N-dealkylation sites (N-methyl/N-ethyl adjacent to an activating group) is 1. The second kappa shape index (κ2) is 4.93. The molecule has 1 aliphatic rings. The number of nitrogens with one attached hydrogen (secondary N) is 1. The lowest BCUT2D eigenvalue weighted by Gasteiger charge is -2.36. The van der Waals surface area contributed by atoms with Crippen LogP contribution in [0.25, 0.3) is 0 Å². The summed E-state index contributed by atoms with van der Waals surface area (Å²) in [7, 11) is 4.06. The van der Waals surface area contributed by atoms with Crippen LogP contribution in [0.3, 0.4) is 0 Å². The summed E-state index contributed by atoms with van der Waals surface area (Å²) in [5.41, 5.74) is 1.08. The van der Waals surface area contributed by atoms with Gasteiger partial charge in [0.1, 0.15) is 6.61 Å². The SMILES string of the molecule is CNCCC1COc2c(Cl)cccc2N1C. The zero-order valence-corrected chi connectivity index (χ0v) is 10.4. The summed E-state index contributed by atoms with van der Waals surface area (Å²) in [6.45, 7) is 1.70. The molecule has 0 fully saturated rings. The van der Waals surface area contributed by atoms with E-state index < -0.39 is 0 Å². The summed E-state index contributed by atoms with van der Waals surface area (Å²) in [5.74, 6) is 0.812. The van der Waals surface area contributed by atoms with Crippen LogP contribution in [0, 0.1) is 0 Å². The van der Waals surface area contributed by atoms with Crippen LogP contribution >= 0.6 is 11.6 Å². The predicted octanol–water partition coefficient (Wildman–Crippen LogP) is 2.15. The molecule has 1 atom stereocenters. The van der Waals surface area contributed by atoms with Crippen molar-refractivity contribution in [2.75, 3.05) is 32.1 Å². The number of rotatable bonds is 3. The minimum atomic E-state index is 0.415. The summed E-state index contributed by atoms with van der Waals surface area (Å²) in [4.78, 5) is 2.25. The van der Waals surface area contributed by atoms with Crippen molar-refractivity contribution in [3.05, 3.63) is 23.2 Å². The normalized spacial score (nSPS) is 19.2. The standard InChI is InChI=1S/C12H17ClN2O/c1-14-7-6-9-8-16-12-10(13)4-3-5-11(12)15(9)2/h3-5,9,14H,6-8H2,1-2H3. The second-order valence-corrected chi connectivity index (χ2v) is 4.46. The molecule has 1 N–H and O–H groups in total. The van der Waals surface area contributed by atoms with Crippen molar-refractivity contribution in [1.29, 1.82) is 0 Å². The molecule has 3 nitrogen and oxygen atoms in total. The fraction of sp³-hybridized carbons (Fsp3) is 0.500. The molecule has 0 bridgehead atoms. The molecule has 2 rings (SSSR count). The van der Waals surface area contributed by atoms with Crippen molar-refractivity contribution < 1.29 is 4.74 Å². The molecule has 1 unspecified atom stereocenters. The Morgan fingerprint density at radius 1 is 1.56 bits per heavy atom. The molecule has 0 radical (unpaired) electrons. The minimum absolute atomic E-state index is 0.415. The topological polar surface area (TPSA) is 24.5 Å². The molecule has 0 saturated carbocycles. The van der Waals surface area contributed by atoms with Gasteiger partial charge in [-0.2, -0.15) is 0 Å². The van der Waals surface area contributed by atoms with E-state index in [1.54, 1.807) is 0 Å². The van der Waals surface area contributed by atoms with Gasteiger partial charge in [0.05, 0.1) is 16.8 Å². The largest absolute Gasteiger partial charge is 0.488 e. The minimum Gasteiger partial charge on any atom is -0.488 e. The van der Waals surface area contributed by atoms with Gasteiger partial charge in [0.15, 0.2) is 5.75 Å². The van der Waals surface area contributed by atoms with E-state index in [1.807, 2.05) is 25.2 Å². The molecular weight excluding hydrogens is 224 g/mol. The first kappa shape index (κ1) is 11.6. The molecule has 0 spiro atoms. The lowest BCUT2D eigenvalue weighted by Crippen LogP contribution is -2.41. The van der Waals surface area contributed by atoms with Crippen molar-refractivity contribution in [3.8, 4) is 5.75 Å². The number of hydrogen-bond acceptors (Lipinski definition) is 3. The average molecular weight is 241 g/mol. The maximum absolute atomic E-state index is 6.10. The van der Waals surface area contributed by atoms with Gasteiger partial charge in [0.2, 0.25) is 0 Å². The first-order chi connectivity index (χ1) is 7.74. The van der Waals surface area contributed by atoms with Crippen LogP contribution in [-0.2, 0) is 0 Å². The molecule has 1 aliphatic heterocycles. The Morgan fingerprint density at radius 2 is 2.38 bits per heavy atom. The molecule has 0 aromatic heterocycles. The Kier molecular flexibility index (Phi) is 3.56. The van der Waals surface area contributed by atoms with E-state index >= 15 is 0 Å². The van der Waals surface area contributed by atoms with E-state index in [9.17, 15) is 0 Å². The zero-order chi connectivity index (χ0) is 11.5. The molecule has 16 heavy (non-hydrogen) atoms. The average Bonchev–Trinajstić information content (AvgIpc) is 2.29. The van der Waals surface area contributed by atoms with Crippen molar-refractivity contribution in [1.82, 2.24) is 5.32 Å². The fourth-order valence-corrected chi connectivity index (χ4v) is 2.22. The second-order valence-electron chi connectivity index (χ2n) is 4.06. The summed E-state index contributed by atoms with van der Waals surface area (Å²) in [5, 5.41) is 3.85. The van der Waals surface area contributed by atoms with E-state index in [0.29, 0.717) is 17.7 Å². The summed E-state index contributed by atoms with van der Waals surface area (Å²) < 4.78 is 5.73. The number of fused-ring (bicyclic) bond motifs is 1. The van der Waals surface area contributed by atoms with E-state index in [4.69, 9.17) is 16.3 Å². The van der Waals surface area contributed by atoms with Crippen molar-refractivity contribution in [3.63, 3.8) is 0 Å². The fourth-order valence-electron chi connectivity index (χ4n) is 1.99. The van der Waals surface area contributed by atoms with Crippen LogP contribution in [0.15, 0.2) is 18.2 Å². The van der Waals surface area contributed by atoms with E-state index in [2.05, 4.69) is 17.3 Å². The number of ether oxygens (including phenoxy) is 1. The Balaban J connectivity index is 2.18. The van der Waals surface area contributed by atoms with Gasteiger partial charge in [0.25, 0.3) is 0 Å². The molecular formula is C12H17ClN2O. The quantitative estimate of drug-likeness (QED) is 0.876. The van der Waals surface area contributed by atoms with Crippen LogP contribution in [0.1, 0.15) is 6.42 Å². The lowest BCUT2D eigenvalue weighted by atomic mass is 10.1.